The Bertz CT molecular complexity index is 1070. The molecule has 0 bridgehead atoms. The number of aromatic nitrogens is 3. The van der Waals surface area contributed by atoms with E-state index >= 15 is 0 Å². The van der Waals surface area contributed by atoms with Crippen LogP contribution in [0.25, 0.3) is 10.8 Å². The minimum Gasteiger partial charge on any atom is -0.348 e. The molecule has 2 atom stereocenters. The van der Waals surface area contributed by atoms with Crippen molar-refractivity contribution in [2.24, 2.45) is 0 Å². The molecule has 0 aliphatic carbocycles. The molecule has 0 saturated heterocycles. The highest BCUT2D eigenvalue weighted by Crippen LogP contribution is 2.39. The molecule has 0 unspecified atom stereocenters. The van der Waals surface area contributed by atoms with Crippen molar-refractivity contribution in [3.63, 3.8) is 0 Å². The average Bonchev–Trinajstić information content (AvgIpc) is 3.16. The van der Waals surface area contributed by atoms with Gasteiger partial charge < -0.3 is 5.32 Å². The first-order valence-corrected chi connectivity index (χ1v) is 8.69. The summed E-state index contributed by atoms with van der Waals surface area (Å²) in [6.45, 7) is 0. The summed E-state index contributed by atoms with van der Waals surface area (Å²) in [6.07, 6.45) is 2.39. The highest BCUT2D eigenvalue weighted by Gasteiger charge is 2.30. The van der Waals surface area contributed by atoms with Gasteiger partial charge in [0.05, 0.1) is 12.1 Å². The largest absolute Gasteiger partial charge is 0.348 e. The maximum atomic E-state index is 13.3. The van der Waals surface area contributed by atoms with Gasteiger partial charge in [0.1, 0.15) is 12.1 Å². The summed E-state index contributed by atoms with van der Waals surface area (Å²) >= 11 is 0. The number of hydrogen-bond donors (Lipinski definition) is 1. The third-order valence-corrected chi connectivity index (χ3v) is 5.09. The van der Waals surface area contributed by atoms with Crippen molar-refractivity contribution in [1.29, 1.82) is 0 Å². The predicted molar refractivity (Wildman–Crippen MR) is 99.5 cm³/mol. The van der Waals surface area contributed by atoms with E-state index in [0.717, 1.165) is 17.9 Å². The van der Waals surface area contributed by atoms with E-state index in [-0.39, 0.29) is 17.9 Å². The third kappa shape index (κ3) is 2.44. The van der Waals surface area contributed by atoms with Crippen molar-refractivity contribution < 1.29 is 4.39 Å². The lowest BCUT2D eigenvalue weighted by Crippen LogP contribution is -2.28. The van der Waals surface area contributed by atoms with Gasteiger partial charge in [-0.05, 0) is 40.5 Å². The molecule has 3 aromatic carbocycles. The maximum Gasteiger partial charge on any atom is 0.222 e. The molecule has 26 heavy (non-hydrogen) atoms. The highest BCUT2D eigenvalue weighted by molar-refractivity contribution is 5.86. The van der Waals surface area contributed by atoms with Crippen molar-refractivity contribution in [2.75, 3.05) is 5.32 Å². The van der Waals surface area contributed by atoms with Gasteiger partial charge in [-0.3, -0.25) is 0 Å². The second-order valence-corrected chi connectivity index (χ2v) is 6.60. The molecule has 2 heterocycles. The lowest BCUT2D eigenvalue weighted by atomic mass is 9.90. The first-order valence-electron chi connectivity index (χ1n) is 8.69. The van der Waals surface area contributed by atoms with E-state index < -0.39 is 0 Å². The first-order chi connectivity index (χ1) is 12.8. The van der Waals surface area contributed by atoms with Crippen LogP contribution >= 0.6 is 0 Å². The zero-order valence-corrected chi connectivity index (χ0v) is 14.0. The zero-order chi connectivity index (χ0) is 17.5. The molecule has 5 rings (SSSR count). The molecule has 0 saturated carbocycles. The third-order valence-electron chi connectivity index (χ3n) is 5.09. The number of anilines is 1. The van der Waals surface area contributed by atoms with Crippen LogP contribution in [0.5, 0.6) is 0 Å². The number of halogens is 1. The highest BCUT2D eigenvalue weighted by atomic mass is 19.1. The van der Waals surface area contributed by atoms with E-state index in [9.17, 15) is 4.39 Å². The first kappa shape index (κ1) is 15.1. The minimum absolute atomic E-state index is 0.0521. The van der Waals surface area contributed by atoms with Crippen molar-refractivity contribution in [1.82, 2.24) is 14.8 Å². The van der Waals surface area contributed by atoms with Crippen LogP contribution in [-0.2, 0) is 0 Å². The Morgan fingerprint density at radius 2 is 1.77 bits per heavy atom. The summed E-state index contributed by atoms with van der Waals surface area (Å²) in [5.74, 6) is 0.516. The summed E-state index contributed by atoms with van der Waals surface area (Å²) in [5, 5.41) is 10.3. The van der Waals surface area contributed by atoms with Crippen molar-refractivity contribution in [3.05, 3.63) is 90.0 Å². The average molecular weight is 344 g/mol. The Morgan fingerprint density at radius 1 is 0.962 bits per heavy atom. The summed E-state index contributed by atoms with van der Waals surface area (Å²) in [4.78, 5) is 4.37. The van der Waals surface area contributed by atoms with E-state index in [0.29, 0.717) is 0 Å². The molecule has 0 radical (unpaired) electrons. The maximum absolute atomic E-state index is 13.3. The van der Waals surface area contributed by atoms with Gasteiger partial charge in [0.2, 0.25) is 5.95 Å². The molecule has 1 N–H and O–H groups in total. The molecule has 0 spiro atoms. The number of benzene rings is 3. The summed E-state index contributed by atoms with van der Waals surface area (Å²) < 4.78 is 15.3. The smallest absolute Gasteiger partial charge is 0.222 e. The van der Waals surface area contributed by atoms with Crippen LogP contribution in [-0.4, -0.2) is 14.8 Å². The monoisotopic (exact) mass is 344 g/mol. The molecule has 1 aromatic heterocycles. The van der Waals surface area contributed by atoms with E-state index in [4.69, 9.17) is 0 Å². The van der Waals surface area contributed by atoms with Crippen LogP contribution in [0, 0.1) is 5.82 Å². The Morgan fingerprint density at radius 3 is 2.65 bits per heavy atom. The molecule has 4 nitrogen and oxygen atoms in total. The fourth-order valence-corrected chi connectivity index (χ4v) is 3.83. The number of nitrogens with zero attached hydrogens (tertiary/aromatic N) is 3. The molecule has 0 fully saturated rings. The zero-order valence-electron chi connectivity index (χ0n) is 14.0. The molecule has 128 valence electrons. The standard InChI is InChI=1S/C21H17FN4/c22-16-10-8-15(9-11-16)19-12-20(26-21(25-19)23-13-24-26)18-7-3-5-14-4-1-2-6-17(14)18/h1-11,13,19-20H,12H2,(H,23,24,25)/t19-,20+/m0/s1. The van der Waals surface area contributed by atoms with Crippen LogP contribution in [0.3, 0.4) is 0 Å². The fraction of sp³-hybridized carbons (Fsp3) is 0.143. The van der Waals surface area contributed by atoms with E-state index in [1.54, 1.807) is 6.33 Å². The molecular weight excluding hydrogens is 327 g/mol. The molecule has 1 aliphatic rings. The van der Waals surface area contributed by atoms with Gasteiger partial charge in [-0.1, -0.05) is 54.6 Å². The van der Waals surface area contributed by atoms with Gasteiger partial charge in [-0.2, -0.15) is 10.1 Å². The number of hydrogen-bond acceptors (Lipinski definition) is 3. The van der Waals surface area contributed by atoms with Crippen molar-refractivity contribution in [2.45, 2.75) is 18.5 Å². The minimum atomic E-state index is -0.224. The van der Waals surface area contributed by atoms with Crippen LogP contribution in [0.1, 0.15) is 29.6 Å². The van der Waals surface area contributed by atoms with Gasteiger partial charge in [-0.15, -0.1) is 0 Å². The number of nitrogens with one attached hydrogen (secondary N) is 1. The van der Waals surface area contributed by atoms with Crippen LogP contribution < -0.4 is 5.32 Å². The quantitative estimate of drug-likeness (QED) is 0.572. The Kier molecular flexibility index (Phi) is 3.45. The SMILES string of the molecule is Fc1ccc([C@@H]2C[C@H](c3cccc4ccccc34)n3ncnc3N2)cc1. The summed E-state index contributed by atoms with van der Waals surface area (Å²) in [7, 11) is 0. The number of fused-ring (bicyclic) bond motifs is 2. The Labute approximate surface area is 150 Å². The Balaban J connectivity index is 1.62. The van der Waals surface area contributed by atoms with Crippen molar-refractivity contribution >= 4 is 16.7 Å². The van der Waals surface area contributed by atoms with Crippen LogP contribution in [0.15, 0.2) is 73.1 Å². The van der Waals surface area contributed by atoms with E-state index in [1.165, 1.54) is 28.5 Å². The van der Waals surface area contributed by atoms with E-state index in [1.807, 2.05) is 16.8 Å². The topological polar surface area (TPSA) is 42.7 Å². The fourth-order valence-electron chi connectivity index (χ4n) is 3.83. The lowest BCUT2D eigenvalue weighted by molar-refractivity contribution is 0.433. The van der Waals surface area contributed by atoms with Gasteiger partial charge in [0.15, 0.2) is 0 Å². The van der Waals surface area contributed by atoms with Gasteiger partial charge in [-0.25, -0.2) is 9.07 Å². The second kappa shape index (κ2) is 5.95. The molecular formula is C21H17FN4. The molecule has 0 amide bonds. The normalized spacial score (nSPS) is 19.1. The van der Waals surface area contributed by atoms with Gasteiger partial charge in [0, 0.05) is 0 Å². The Hall–Kier alpha value is -3.21. The van der Waals surface area contributed by atoms with E-state index in [2.05, 4.69) is 57.9 Å². The summed E-state index contributed by atoms with van der Waals surface area (Å²) in [6, 6.07) is 21.5. The lowest BCUT2D eigenvalue weighted by Gasteiger charge is -2.32. The second-order valence-electron chi connectivity index (χ2n) is 6.60. The van der Waals surface area contributed by atoms with Crippen LogP contribution in [0.2, 0.25) is 0 Å². The molecule has 4 aromatic rings. The number of rotatable bonds is 2. The molecule has 5 heteroatoms. The van der Waals surface area contributed by atoms with Gasteiger partial charge in [0.25, 0.3) is 0 Å². The van der Waals surface area contributed by atoms with Gasteiger partial charge >= 0.3 is 0 Å². The summed E-state index contributed by atoms with van der Waals surface area (Å²) in [5.41, 5.74) is 2.27. The molecule has 1 aliphatic heterocycles. The van der Waals surface area contributed by atoms with Crippen molar-refractivity contribution in [3.8, 4) is 0 Å². The predicted octanol–water partition coefficient (Wildman–Crippen LogP) is 4.72. The van der Waals surface area contributed by atoms with Crippen LogP contribution in [0.4, 0.5) is 10.3 Å².